The second-order valence-corrected chi connectivity index (χ2v) is 4.57. The smallest absolute Gasteiger partial charge is 0.0936 e. The lowest BCUT2D eigenvalue weighted by atomic mass is 10.1. The molecule has 0 aromatic carbocycles. The largest absolute Gasteiger partial charge is 0.394 e. The van der Waals surface area contributed by atoms with Crippen LogP contribution in [0, 0.1) is 0 Å². The summed E-state index contributed by atoms with van der Waals surface area (Å²) < 4.78 is 5.60. The minimum Gasteiger partial charge on any atom is -0.394 e. The van der Waals surface area contributed by atoms with E-state index < -0.39 is 0 Å². The maximum absolute atomic E-state index is 9.08. The Morgan fingerprint density at radius 1 is 1.27 bits per heavy atom. The van der Waals surface area contributed by atoms with Crippen LogP contribution in [0.4, 0.5) is 0 Å². The Labute approximate surface area is 93.4 Å². The van der Waals surface area contributed by atoms with Crippen molar-refractivity contribution in [3.63, 3.8) is 0 Å². The van der Waals surface area contributed by atoms with Crippen LogP contribution in [0.1, 0.15) is 39.5 Å². The highest BCUT2D eigenvalue weighted by Gasteiger charge is 2.23. The lowest BCUT2D eigenvalue weighted by Gasteiger charge is -2.36. The van der Waals surface area contributed by atoms with E-state index in [-0.39, 0.29) is 18.8 Å². The van der Waals surface area contributed by atoms with Crippen molar-refractivity contribution in [2.75, 3.05) is 26.2 Å². The van der Waals surface area contributed by atoms with E-state index in [1.54, 1.807) is 0 Å². The Hall–Kier alpha value is -0.120. The van der Waals surface area contributed by atoms with Crippen molar-refractivity contribution in [3.8, 4) is 0 Å². The van der Waals surface area contributed by atoms with Gasteiger partial charge in [-0.3, -0.25) is 4.90 Å². The highest BCUT2D eigenvalue weighted by molar-refractivity contribution is 4.74. The van der Waals surface area contributed by atoms with Crippen LogP contribution in [-0.4, -0.2) is 48.5 Å². The van der Waals surface area contributed by atoms with Crippen LogP contribution in [0.2, 0.25) is 0 Å². The maximum Gasteiger partial charge on any atom is 0.0936 e. The highest BCUT2D eigenvalue weighted by Crippen LogP contribution is 2.12. The van der Waals surface area contributed by atoms with E-state index in [9.17, 15) is 0 Å². The van der Waals surface area contributed by atoms with Gasteiger partial charge in [-0.15, -0.1) is 0 Å². The molecule has 3 nitrogen and oxygen atoms in total. The van der Waals surface area contributed by atoms with Crippen molar-refractivity contribution < 1.29 is 9.84 Å². The van der Waals surface area contributed by atoms with Crippen LogP contribution in [0.15, 0.2) is 0 Å². The van der Waals surface area contributed by atoms with Crippen molar-refractivity contribution in [1.29, 1.82) is 0 Å². The number of rotatable bonds is 6. The first-order chi connectivity index (χ1) is 7.26. The molecule has 2 atom stereocenters. The summed E-state index contributed by atoms with van der Waals surface area (Å²) in [5.74, 6) is 0. The van der Waals surface area contributed by atoms with E-state index in [1.165, 1.54) is 25.7 Å². The second kappa shape index (κ2) is 7.20. The van der Waals surface area contributed by atoms with Crippen molar-refractivity contribution in [2.45, 2.75) is 51.7 Å². The number of aliphatic hydroxyl groups excluding tert-OH is 1. The molecule has 1 fully saturated rings. The molecular formula is C12H25NO2. The molecule has 1 saturated heterocycles. The van der Waals surface area contributed by atoms with Crippen LogP contribution in [0.25, 0.3) is 0 Å². The second-order valence-electron chi connectivity index (χ2n) is 4.57. The Kier molecular flexibility index (Phi) is 6.22. The molecule has 0 spiro atoms. The number of hydrogen-bond acceptors (Lipinski definition) is 3. The van der Waals surface area contributed by atoms with Gasteiger partial charge in [0.25, 0.3) is 0 Å². The number of aliphatic hydroxyl groups is 1. The fraction of sp³-hybridized carbons (Fsp3) is 1.00. The molecule has 0 saturated carbocycles. The van der Waals surface area contributed by atoms with Crippen molar-refractivity contribution in [2.24, 2.45) is 0 Å². The monoisotopic (exact) mass is 215 g/mol. The number of nitrogens with zero attached hydrogens (tertiary/aromatic N) is 1. The number of unbranched alkanes of at least 4 members (excludes halogenated alkanes) is 3. The summed E-state index contributed by atoms with van der Waals surface area (Å²) in [7, 11) is 0. The van der Waals surface area contributed by atoms with Gasteiger partial charge in [0.15, 0.2) is 0 Å². The Morgan fingerprint density at radius 2 is 2.07 bits per heavy atom. The summed E-state index contributed by atoms with van der Waals surface area (Å²) in [5.41, 5.74) is 0. The molecule has 0 aliphatic carbocycles. The molecule has 2 unspecified atom stereocenters. The molecular weight excluding hydrogens is 190 g/mol. The summed E-state index contributed by atoms with van der Waals surface area (Å²) >= 11 is 0. The van der Waals surface area contributed by atoms with Gasteiger partial charge < -0.3 is 9.84 Å². The summed E-state index contributed by atoms with van der Waals surface area (Å²) in [6, 6.07) is 0. The molecule has 3 heteroatoms. The van der Waals surface area contributed by atoms with Crippen LogP contribution in [0.3, 0.4) is 0 Å². The summed E-state index contributed by atoms with van der Waals surface area (Å²) in [5, 5.41) is 9.08. The number of hydrogen-bond donors (Lipinski definition) is 1. The quantitative estimate of drug-likeness (QED) is 0.684. The van der Waals surface area contributed by atoms with E-state index in [0.717, 1.165) is 19.6 Å². The summed E-state index contributed by atoms with van der Waals surface area (Å²) in [6.07, 6.45) is 5.52. The molecule has 1 N–H and O–H groups in total. The van der Waals surface area contributed by atoms with Crippen LogP contribution >= 0.6 is 0 Å². The fourth-order valence-corrected chi connectivity index (χ4v) is 2.19. The topological polar surface area (TPSA) is 32.7 Å². The standard InChI is InChI=1S/C12H25NO2/c1-3-4-5-6-7-13-8-11(2)15-12(9-13)10-14/h11-12,14H,3-10H2,1-2H3. The van der Waals surface area contributed by atoms with Gasteiger partial charge in [0.2, 0.25) is 0 Å². The minimum absolute atomic E-state index is 0.0277. The predicted octanol–water partition coefficient (Wildman–Crippen LogP) is 1.65. The normalized spacial score (nSPS) is 28.2. The summed E-state index contributed by atoms with van der Waals surface area (Å²) in [4.78, 5) is 2.42. The maximum atomic E-state index is 9.08. The van der Waals surface area contributed by atoms with E-state index in [1.807, 2.05) is 0 Å². The zero-order valence-corrected chi connectivity index (χ0v) is 10.1. The van der Waals surface area contributed by atoms with E-state index >= 15 is 0 Å². The van der Waals surface area contributed by atoms with Crippen LogP contribution < -0.4 is 0 Å². The van der Waals surface area contributed by atoms with Gasteiger partial charge >= 0.3 is 0 Å². The van der Waals surface area contributed by atoms with Gasteiger partial charge in [-0.05, 0) is 19.9 Å². The van der Waals surface area contributed by atoms with Gasteiger partial charge in [0, 0.05) is 13.1 Å². The van der Waals surface area contributed by atoms with Gasteiger partial charge in [-0.1, -0.05) is 26.2 Å². The molecule has 15 heavy (non-hydrogen) atoms. The van der Waals surface area contributed by atoms with Gasteiger partial charge in [-0.25, -0.2) is 0 Å². The lowest BCUT2D eigenvalue weighted by molar-refractivity contribution is -0.0952. The first kappa shape index (κ1) is 12.9. The Bertz CT molecular complexity index is 164. The molecule has 1 aliphatic heterocycles. The average molecular weight is 215 g/mol. The van der Waals surface area contributed by atoms with E-state index in [0.29, 0.717) is 0 Å². The molecule has 1 rings (SSSR count). The molecule has 0 aromatic heterocycles. The first-order valence-corrected chi connectivity index (χ1v) is 6.25. The molecule has 0 aromatic rings. The molecule has 1 aliphatic rings. The predicted molar refractivity (Wildman–Crippen MR) is 62.0 cm³/mol. The number of morpholine rings is 1. The molecule has 90 valence electrons. The van der Waals surface area contributed by atoms with Crippen LogP contribution in [-0.2, 0) is 4.74 Å². The highest BCUT2D eigenvalue weighted by atomic mass is 16.5. The molecule has 0 radical (unpaired) electrons. The van der Waals surface area contributed by atoms with Crippen LogP contribution in [0.5, 0.6) is 0 Å². The zero-order chi connectivity index (χ0) is 11.1. The first-order valence-electron chi connectivity index (χ1n) is 6.25. The van der Waals surface area contributed by atoms with Gasteiger partial charge in [0.05, 0.1) is 18.8 Å². The number of ether oxygens (including phenoxy) is 1. The molecule has 1 heterocycles. The molecule has 0 bridgehead atoms. The Balaban J connectivity index is 2.16. The average Bonchev–Trinajstić information content (AvgIpc) is 2.23. The molecule has 0 amide bonds. The van der Waals surface area contributed by atoms with Crippen molar-refractivity contribution >= 4 is 0 Å². The lowest BCUT2D eigenvalue weighted by Crippen LogP contribution is -2.48. The fourth-order valence-electron chi connectivity index (χ4n) is 2.19. The third kappa shape index (κ3) is 4.96. The van der Waals surface area contributed by atoms with E-state index in [4.69, 9.17) is 9.84 Å². The van der Waals surface area contributed by atoms with Gasteiger partial charge in [-0.2, -0.15) is 0 Å². The summed E-state index contributed by atoms with van der Waals surface area (Å²) in [6.45, 7) is 7.54. The van der Waals surface area contributed by atoms with E-state index in [2.05, 4.69) is 18.7 Å². The Morgan fingerprint density at radius 3 is 2.73 bits per heavy atom. The van der Waals surface area contributed by atoms with Gasteiger partial charge in [0.1, 0.15) is 0 Å². The third-order valence-electron chi connectivity index (χ3n) is 2.93. The third-order valence-corrected chi connectivity index (χ3v) is 2.93. The minimum atomic E-state index is 0.0277. The van der Waals surface area contributed by atoms with Crippen molar-refractivity contribution in [3.05, 3.63) is 0 Å². The SMILES string of the molecule is CCCCCCN1CC(C)OC(CO)C1. The zero-order valence-electron chi connectivity index (χ0n) is 10.1. The van der Waals surface area contributed by atoms with Crippen molar-refractivity contribution in [1.82, 2.24) is 4.90 Å².